The SMILES string of the molecule is C/C(CC(=O)Nc1cccc(Cl)c1C)=N/NC(=O)c1ccccc1I. The number of anilines is 1. The number of hydrogen-bond donors (Lipinski definition) is 2. The summed E-state index contributed by atoms with van der Waals surface area (Å²) in [7, 11) is 0. The molecule has 7 heteroatoms. The summed E-state index contributed by atoms with van der Waals surface area (Å²) in [5.41, 5.74) is 4.97. The molecule has 0 fully saturated rings. The smallest absolute Gasteiger partial charge is 0.272 e. The summed E-state index contributed by atoms with van der Waals surface area (Å²) >= 11 is 8.12. The quantitative estimate of drug-likeness (QED) is 0.387. The lowest BCUT2D eigenvalue weighted by molar-refractivity contribution is -0.115. The lowest BCUT2D eigenvalue weighted by Gasteiger charge is -2.09. The number of benzene rings is 2. The van der Waals surface area contributed by atoms with E-state index in [4.69, 9.17) is 11.6 Å². The van der Waals surface area contributed by atoms with Gasteiger partial charge in [-0.2, -0.15) is 5.10 Å². The van der Waals surface area contributed by atoms with E-state index in [9.17, 15) is 9.59 Å². The maximum absolute atomic E-state index is 12.1. The van der Waals surface area contributed by atoms with Crippen LogP contribution >= 0.6 is 34.2 Å². The van der Waals surface area contributed by atoms with Crippen LogP contribution in [0, 0.1) is 10.5 Å². The molecule has 0 unspecified atom stereocenters. The normalized spacial score (nSPS) is 11.1. The number of carbonyl (C=O) groups excluding carboxylic acids is 2. The van der Waals surface area contributed by atoms with Gasteiger partial charge in [-0.25, -0.2) is 5.43 Å². The fourth-order valence-corrected chi connectivity index (χ4v) is 2.87. The number of halogens is 2. The molecule has 2 rings (SSSR count). The molecule has 25 heavy (non-hydrogen) atoms. The number of rotatable bonds is 5. The molecule has 0 radical (unpaired) electrons. The Balaban J connectivity index is 1.94. The number of carbonyl (C=O) groups is 2. The highest BCUT2D eigenvalue weighted by atomic mass is 127. The number of nitrogens with one attached hydrogen (secondary N) is 2. The second-order valence-electron chi connectivity index (χ2n) is 5.41. The van der Waals surface area contributed by atoms with Crippen LogP contribution in [-0.2, 0) is 4.79 Å². The molecule has 0 spiro atoms. The standard InChI is InChI=1S/C18H17ClIN3O2/c1-11(22-23-18(25)13-6-3-4-8-15(13)20)10-17(24)21-16-9-5-7-14(19)12(16)2/h3-9H,10H2,1-2H3,(H,21,24)(H,23,25)/b22-11-. The van der Waals surface area contributed by atoms with Crippen LogP contribution in [0.1, 0.15) is 29.3 Å². The van der Waals surface area contributed by atoms with Crippen molar-refractivity contribution in [3.05, 3.63) is 62.2 Å². The van der Waals surface area contributed by atoms with E-state index in [1.54, 1.807) is 37.3 Å². The predicted molar refractivity (Wildman–Crippen MR) is 109 cm³/mol. The van der Waals surface area contributed by atoms with E-state index in [1.165, 1.54) is 0 Å². The van der Waals surface area contributed by atoms with Gasteiger partial charge in [-0.3, -0.25) is 9.59 Å². The molecule has 0 heterocycles. The molecular formula is C18H17ClIN3O2. The lowest BCUT2D eigenvalue weighted by atomic mass is 10.2. The Morgan fingerprint density at radius 2 is 1.88 bits per heavy atom. The number of amides is 2. The fraction of sp³-hybridized carbons (Fsp3) is 0.167. The maximum atomic E-state index is 12.1. The van der Waals surface area contributed by atoms with Gasteiger partial charge in [0.2, 0.25) is 5.91 Å². The minimum Gasteiger partial charge on any atom is -0.325 e. The monoisotopic (exact) mass is 469 g/mol. The Kier molecular flexibility index (Phi) is 6.95. The zero-order valence-corrected chi connectivity index (χ0v) is 16.7. The molecule has 2 aromatic rings. The number of hydrogen-bond acceptors (Lipinski definition) is 3. The first-order chi connectivity index (χ1) is 11.9. The zero-order chi connectivity index (χ0) is 18.4. The van der Waals surface area contributed by atoms with E-state index < -0.39 is 0 Å². The summed E-state index contributed by atoms with van der Waals surface area (Å²) in [6.45, 7) is 3.52. The predicted octanol–water partition coefficient (Wildman–Crippen LogP) is 4.39. The second kappa shape index (κ2) is 8.96. The van der Waals surface area contributed by atoms with Crippen LogP contribution in [0.5, 0.6) is 0 Å². The Hall–Kier alpha value is -1.93. The van der Waals surface area contributed by atoms with Crippen molar-refractivity contribution in [3.63, 3.8) is 0 Å². The topological polar surface area (TPSA) is 70.6 Å². The number of nitrogens with zero attached hydrogens (tertiary/aromatic N) is 1. The fourth-order valence-electron chi connectivity index (χ4n) is 2.06. The molecule has 0 saturated heterocycles. The van der Waals surface area contributed by atoms with Crippen LogP contribution in [0.4, 0.5) is 5.69 Å². The van der Waals surface area contributed by atoms with Gasteiger partial charge in [0, 0.05) is 20.0 Å². The van der Waals surface area contributed by atoms with Gasteiger partial charge in [0.15, 0.2) is 0 Å². The molecule has 0 saturated carbocycles. The van der Waals surface area contributed by atoms with Crippen LogP contribution in [0.15, 0.2) is 47.6 Å². The molecule has 2 N–H and O–H groups in total. The van der Waals surface area contributed by atoms with Crippen LogP contribution < -0.4 is 10.7 Å². The van der Waals surface area contributed by atoms with Gasteiger partial charge in [-0.1, -0.05) is 29.8 Å². The van der Waals surface area contributed by atoms with Gasteiger partial charge in [-0.05, 0) is 66.3 Å². The minimum absolute atomic E-state index is 0.0676. The van der Waals surface area contributed by atoms with Gasteiger partial charge >= 0.3 is 0 Å². The van der Waals surface area contributed by atoms with E-state index >= 15 is 0 Å². The Morgan fingerprint density at radius 1 is 1.16 bits per heavy atom. The zero-order valence-electron chi connectivity index (χ0n) is 13.8. The second-order valence-corrected chi connectivity index (χ2v) is 6.97. The highest BCUT2D eigenvalue weighted by Crippen LogP contribution is 2.23. The first-order valence-corrected chi connectivity index (χ1v) is 8.97. The summed E-state index contributed by atoms with van der Waals surface area (Å²) in [6.07, 6.45) is 0.0676. The van der Waals surface area contributed by atoms with Crippen LogP contribution in [0.25, 0.3) is 0 Å². The van der Waals surface area contributed by atoms with Crippen molar-refractivity contribution in [2.24, 2.45) is 5.10 Å². The molecule has 0 aliphatic heterocycles. The summed E-state index contributed by atoms with van der Waals surface area (Å²) in [6, 6.07) is 12.5. The molecule has 0 atom stereocenters. The molecule has 0 aromatic heterocycles. The molecule has 2 aromatic carbocycles. The van der Waals surface area contributed by atoms with Crippen LogP contribution in [-0.4, -0.2) is 17.5 Å². The van der Waals surface area contributed by atoms with E-state index in [0.29, 0.717) is 22.0 Å². The highest BCUT2D eigenvalue weighted by Gasteiger charge is 2.10. The van der Waals surface area contributed by atoms with Gasteiger partial charge in [0.1, 0.15) is 0 Å². The molecule has 130 valence electrons. The molecular weight excluding hydrogens is 453 g/mol. The maximum Gasteiger partial charge on any atom is 0.272 e. The van der Waals surface area contributed by atoms with Crippen LogP contribution in [0.2, 0.25) is 5.02 Å². The van der Waals surface area contributed by atoms with Gasteiger partial charge < -0.3 is 5.32 Å². The van der Waals surface area contributed by atoms with Crippen molar-refractivity contribution in [1.82, 2.24) is 5.43 Å². The molecule has 0 aliphatic rings. The Bertz CT molecular complexity index is 837. The third-order valence-corrected chi connectivity index (χ3v) is 4.78. The van der Waals surface area contributed by atoms with Crippen molar-refractivity contribution in [1.29, 1.82) is 0 Å². The molecule has 2 amide bonds. The Labute approximate surface area is 165 Å². The average Bonchev–Trinajstić information content (AvgIpc) is 2.57. The van der Waals surface area contributed by atoms with Gasteiger partial charge in [0.25, 0.3) is 5.91 Å². The third kappa shape index (κ3) is 5.54. The molecule has 0 bridgehead atoms. The average molecular weight is 470 g/mol. The summed E-state index contributed by atoms with van der Waals surface area (Å²) < 4.78 is 0.833. The van der Waals surface area contributed by atoms with E-state index in [1.807, 2.05) is 19.1 Å². The first-order valence-electron chi connectivity index (χ1n) is 7.51. The van der Waals surface area contributed by atoms with Crippen molar-refractivity contribution in [2.75, 3.05) is 5.32 Å². The third-order valence-electron chi connectivity index (χ3n) is 3.42. The number of hydrazone groups is 1. The van der Waals surface area contributed by atoms with Crippen LogP contribution in [0.3, 0.4) is 0 Å². The highest BCUT2D eigenvalue weighted by molar-refractivity contribution is 14.1. The lowest BCUT2D eigenvalue weighted by Crippen LogP contribution is -2.22. The van der Waals surface area contributed by atoms with E-state index in [0.717, 1.165) is 9.13 Å². The summed E-state index contributed by atoms with van der Waals surface area (Å²) in [5, 5.41) is 7.37. The molecule has 5 nitrogen and oxygen atoms in total. The van der Waals surface area contributed by atoms with Gasteiger partial charge in [0.05, 0.1) is 12.0 Å². The van der Waals surface area contributed by atoms with Crippen molar-refractivity contribution in [2.45, 2.75) is 20.3 Å². The minimum atomic E-state index is -0.310. The summed E-state index contributed by atoms with van der Waals surface area (Å²) in [5.74, 6) is -0.536. The van der Waals surface area contributed by atoms with E-state index in [2.05, 4.69) is 38.4 Å². The largest absolute Gasteiger partial charge is 0.325 e. The van der Waals surface area contributed by atoms with Crippen molar-refractivity contribution in [3.8, 4) is 0 Å². The Morgan fingerprint density at radius 3 is 2.60 bits per heavy atom. The van der Waals surface area contributed by atoms with Crippen molar-refractivity contribution < 1.29 is 9.59 Å². The van der Waals surface area contributed by atoms with E-state index in [-0.39, 0.29) is 18.2 Å². The first kappa shape index (κ1) is 19.4. The molecule has 0 aliphatic carbocycles. The summed E-state index contributed by atoms with van der Waals surface area (Å²) in [4.78, 5) is 24.2. The van der Waals surface area contributed by atoms with Crippen molar-refractivity contribution >= 4 is 57.4 Å². The van der Waals surface area contributed by atoms with Gasteiger partial charge in [-0.15, -0.1) is 0 Å².